The molecular weight excluding hydrogens is 568 g/mol. The van der Waals surface area contributed by atoms with E-state index in [9.17, 15) is 10.2 Å². The molecule has 4 heteroatoms. The number of aromatic hydroxyl groups is 2. The van der Waals surface area contributed by atoms with Gasteiger partial charge in [0.15, 0.2) is 0 Å². The summed E-state index contributed by atoms with van der Waals surface area (Å²) >= 11 is 0. The number of hydrogen-bond acceptors (Lipinski definition) is 4. The van der Waals surface area contributed by atoms with E-state index in [1.54, 1.807) is 24.3 Å². The second-order valence-corrected chi connectivity index (χ2v) is 11.9. The van der Waals surface area contributed by atoms with Crippen LogP contribution in [0.1, 0.15) is 65.2 Å². The second kappa shape index (κ2) is 16.6. The molecule has 46 heavy (non-hydrogen) atoms. The highest BCUT2D eigenvalue weighted by Crippen LogP contribution is 2.42. The molecule has 0 radical (unpaired) electrons. The number of hydrogen-bond donors (Lipinski definition) is 2. The molecule has 0 atom stereocenters. The topological polar surface area (TPSA) is 58.9 Å². The van der Waals surface area contributed by atoms with Gasteiger partial charge in [-0.1, -0.05) is 125 Å². The summed E-state index contributed by atoms with van der Waals surface area (Å²) in [6, 6.07) is 35.9. The molecule has 0 aliphatic rings. The molecular formula is C42H46O4. The van der Waals surface area contributed by atoms with Gasteiger partial charge < -0.3 is 19.7 Å². The Labute approximate surface area is 274 Å². The van der Waals surface area contributed by atoms with Gasteiger partial charge in [-0.05, 0) is 82.6 Å². The number of phenolic OH excluding ortho intramolecular Hbond substituents is 2. The van der Waals surface area contributed by atoms with Crippen molar-refractivity contribution in [3.63, 3.8) is 0 Å². The largest absolute Gasteiger partial charge is 0.508 e. The molecule has 0 heterocycles. The summed E-state index contributed by atoms with van der Waals surface area (Å²) in [5, 5.41) is 19.4. The number of benzene rings is 5. The predicted octanol–water partition coefficient (Wildman–Crippen LogP) is 11.7. The van der Waals surface area contributed by atoms with E-state index in [0.29, 0.717) is 13.2 Å². The molecule has 5 rings (SSSR count). The maximum absolute atomic E-state index is 9.72. The first-order valence-corrected chi connectivity index (χ1v) is 16.8. The van der Waals surface area contributed by atoms with Crippen molar-refractivity contribution in [2.24, 2.45) is 0 Å². The van der Waals surface area contributed by atoms with Crippen LogP contribution in [0.5, 0.6) is 23.0 Å². The molecule has 4 nitrogen and oxygen atoms in total. The van der Waals surface area contributed by atoms with E-state index in [2.05, 4.69) is 74.5 Å². The normalized spacial score (nSPS) is 11.0. The van der Waals surface area contributed by atoms with E-state index in [1.807, 2.05) is 24.3 Å². The smallest absolute Gasteiger partial charge is 0.128 e. The monoisotopic (exact) mass is 614 g/mol. The molecule has 0 unspecified atom stereocenters. The van der Waals surface area contributed by atoms with E-state index in [-0.39, 0.29) is 11.5 Å². The molecule has 0 amide bonds. The van der Waals surface area contributed by atoms with Crippen LogP contribution < -0.4 is 9.47 Å². The number of rotatable bonds is 16. The Morgan fingerprint density at radius 1 is 0.391 bits per heavy atom. The van der Waals surface area contributed by atoms with Gasteiger partial charge in [-0.15, -0.1) is 0 Å². The first kappa shape index (κ1) is 32.7. The van der Waals surface area contributed by atoms with E-state index >= 15 is 0 Å². The van der Waals surface area contributed by atoms with Gasteiger partial charge in [-0.2, -0.15) is 0 Å². The minimum atomic E-state index is 0.262. The fraction of sp³-hybridized carbons (Fsp3) is 0.286. The molecule has 0 spiro atoms. The third kappa shape index (κ3) is 8.72. The van der Waals surface area contributed by atoms with Crippen LogP contribution in [-0.4, -0.2) is 23.4 Å². The quantitative estimate of drug-likeness (QED) is 0.109. The second-order valence-electron chi connectivity index (χ2n) is 11.9. The molecule has 0 saturated heterocycles. The lowest BCUT2D eigenvalue weighted by Gasteiger charge is -2.19. The predicted molar refractivity (Wildman–Crippen MR) is 191 cm³/mol. The minimum Gasteiger partial charge on any atom is -0.508 e. The molecule has 0 fully saturated rings. The molecule has 238 valence electrons. The van der Waals surface area contributed by atoms with Crippen molar-refractivity contribution in [1.29, 1.82) is 0 Å². The lowest BCUT2D eigenvalue weighted by atomic mass is 9.95. The summed E-state index contributed by atoms with van der Waals surface area (Å²) in [5.74, 6) is 2.23. The van der Waals surface area contributed by atoms with Crippen molar-refractivity contribution in [1.82, 2.24) is 0 Å². The van der Waals surface area contributed by atoms with Crippen LogP contribution in [0.15, 0.2) is 109 Å². The van der Waals surface area contributed by atoms with E-state index in [0.717, 1.165) is 81.7 Å². The number of unbranched alkanes of at least 4 members (excludes halogenated alkanes) is 6. The van der Waals surface area contributed by atoms with Crippen molar-refractivity contribution in [3.05, 3.63) is 109 Å². The molecule has 0 aliphatic carbocycles. The molecule has 0 saturated carbocycles. The lowest BCUT2D eigenvalue weighted by Crippen LogP contribution is -2.03. The Balaban J connectivity index is 1.51. The van der Waals surface area contributed by atoms with Crippen molar-refractivity contribution in [2.75, 3.05) is 13.2 Å². The summed E-state index contributed by atoms with van der Waals surface area (Å²) in [6.45, 7) is 5.77. The SMILES string of the molecule is CCCCCCOc1cc(-c2ccc(-c3ccc(O)cc3)cc2)c(OCCCCCC)cc1-c1ccc(-c2ccc(O)cc2)cc1. The van der Waals surface area contributed by atoms with Gasteiger partial charge in [-0.3, -0.25) is 0 Å². The summed E-state index contributed by atoms with van der Waals surface area (Å²) < 4.78 is 13.1. The van der Waals surface area contributed by atoms with Gasteiger partial charge in [0.2, 0.25) is 0 Å². The first-order chi connectivity index (χ1) is 22.6. The highest BCUT2D eigenvalue weighted by Gasteiger charge is 2.16. The van der Waals surface area contributed by atoms with E-state index in [4.69, 9.17) is 9.47 Å². The van der Waals surface area contributed by atoms with Gasteiger partial charge in [0.1, 0.15) is 23.0 Å². The van der Waals surface area contributed by atoms with Crippen LogP contribution >= 0.6 is 0 Å². The van der Waals surface area contributed by atoms with Gasteiger partial charge in [0.05, 0.1) is 13.2 Å². The van der Waals surface area contributed by atoms with Gasteiger partial charge in [0.25, 0.3) is 0 Å². The Hall–Kier alpha value is -4.70. The molecule has 5 aromatic rings. The molecule has 0 bridgehead atoms. The summed E-state index contributed by atoms with van der Waals surface area (Å²) in [7, 11) is 0. The number of ether oxygens (including phenoxy) is 2. The van der Waals surface area contributed by atoms with Crippen LogP contribution in [0.3, 0.4) is 0 Å². The van der Waals surface area contributed by atoms with Crippen molar-refractivity contribution < 1.29 is 19.7 Å². The van der Waals surface area contributed by atoms with Gasteiger partial charge >= 0.3 is 0 Å². The summed E-state index contributed by atoms with van der Waals surface area (Å²) in [6.07, 6.45) is 9.12. The minimum absolute atomic E-state index is 0.262. The van der Waals surface area contributed by atoms with Crippen LogP contribution in [0, 0.1) is 0 Å². The highest BCUT2D eigenvalue weighted by atomic mass is 16.5. The Kier molecular flexibility index (Phi) is 11.8. The maximum atomic E-state index is 9.72. The fourth-order valence-electron chi connectivity index (χ4n) is 5.66. The molecule has 2 N–H and O–H groups in total. The zero-order chi connectivity index (χ0) is 32.1. The highest BCUT2D eigenvalue weighted by molar-refractivity contribution is 5.83. The van der Waals surface area contributed by atoms with Crippen molar-refractivity contribution in [2.45, 2.75) is 65.2 Å². The fourth-order valence-corrected chi connectivity index (χ4v) is 5.66. The lowest BCUT2D eigenvalue weighted by molar-refractivity contribution is 0.299. The van der Waals surface area contributed by atoms with Crippen LogP contribution in [0.25, 0.3) is 44.5 Å². The average Bonchev–Trinajstić information content (AvgIpc) is 3.09. The van der Waals surface area contributed by atoms with E-state index < -0.39 is 0 Å². The van der Waals surface area contributed by atoms with Crippen LogP contribution in [-0.2, 0) is 0 Å². The first-order valence-electron chi connectivity index (χ1n) is 16.8. The Bertz CT molecular complexity index is 1510. The van der Waals surface area contributed by atoms with Crippen LogP contribution in [0.2, 0.25) is 0 Å². The zero-order valence-corrected chi connectivity index (χ0v) is 27.2. The van der Waals surface area contributed by atoms with E-state index in [1.165, 1.54) is 25.7 Å². The van der Waals surface area contributed by atoms with Crippen LogP contribution in [0.4, 0.5) is 0 Å². The summed E-state index contributed by atoms with van der Waals surface area (Å²) in [4.78, 5) is 0. The standard InChI is InChI=1S/C42H46O4/c1-3-5-7-9-27-45-41-29-40(36-17-13-32(14-18-36)34-21-25-38(44)26-22-34)42(46-28-10-8-6-4-2)30-39(41)35-15-11-31(12-16-35)33-19-23-37(43)24-20-33/h11-26,29-30,43-44H,3-10,27-28H2,1-2H3. The summed E-state index contributed by atoms with van der Waals surface area (Å²) in [5.41, 5.74) is 8.44. The molecule has 0 aliphatic heterocycles. The average molecular weight is 615 g/mol. The van der Waals surface area contributed by atoms with Crippen molar-refractivity contribution in [3.8, 4) is 67.5 Å². The maximum Gasteiger partial charge on any atom is 0.128 e. The zero-order valence-electron chi connectivity index (χ0n) is 27.2. The molecule has 0 aromatic heterocycles. The third-order valence-corrected chi connectivity index (χ3v) is 8.39. The van der Waals surface area contributed by atoms with Crippen molar-refractivity contribution >= 4 is 0 Å². The van der Waals surface area contributed by atoms with Gasteiger partial charge in [-0.25, -0.2) is 0 Å². The van der Waals surface area contributed by atoms with Gasteiger partial charge in [0, 0.05) is 11.1 Å². The number of phenols is 2. The third-order valence-electron chi connectivity index (χ3n) is 8.39. The Morgan fingerprint density at radius 3 is 1.02 bits per heavy atom. The Morgan fingerprint density at radius 2 is 0.696 bits per heavy atom. The molecule has 5 aromatic carbocycles.